The summed E-state index contributed by atoms with van der Waals surface area (Å²) in [4.78, 5) is 4.58. The first-order valence-electron chi connectivity index (χ1n) is 9.73. The van der Waals surface area contributed by atoms with Crippen molar-refractivity contribution in [1.82, 2.24) is 4.98 Å². The van der Waals surface area contributed by atoms with Crippen molar-refractivity contribution in [2.24, 2.45) is 0 Å². The molecule has 0 aliphatic heterocycles. The van der Waals surface area contributed by atoms with E-state index < -0.39 is 0 Å². The van der Waals surface area contributed by atoms with E-state index in [1.165, 1.54) is 22.3 Å². The summed E-state index contributed by atoms with van der Waals surface area (Å²) in [6.07, 6.45) is 1.85. The molecule has 0 saturated carbocycles. The Balaban J connectivity index is 2.20. The van der Waals surface area contributed by atoms with Crippen LogP contribution in [0, 0.1) is 0 Å². The molecule has 0 aliphatic carbocycles. The molecule has 0 bridgehead atoms. The molecule has 0 saturated heterocycles. The molecular weight excluding hydrogens is 326 g/mol. The summed E-state index contributed by atoms with van der Waals surface area (Å²) >= 11 is 0. The van der Waals surface area contributed by atoms with Gasteiger partial charge in [0, 0.05) is 11.8 Å². The lowest BCUT2D eigenvalue weighted by Gasteiger charge is -2.16. The van der Waals surface area contributed by atoms with Crippen molar-refractivity contribution >= 4 is 5.57 Å². The van der Waals surface area contributed by atoms with Crippen molar-refractivity contribution in [3.8, 4) is 22.4 Å². The third-order valence-electron chi connectivity index (χ3n) is 5.06. The van der Waals surface area contributed by atoms with Crippen LogP contribution in [0.15, 0.2) is 67.4 Å². The third kappa shape index (κ3) is 4.19. The summed E-state index contributed by atoms with van der Waals surface area (Å²) < 4.78 is 0. The molecule has 0 amide bonds. The zero-order chi connectivity index (χ0) is 19.6. The molecule has 0 unspecified atom stereocenters. The Labute approximate surface area is 163 Å². The van der Waals surface area contributed by atoms with Gasteiger partial charge in [0.15, 0.2) is 0 Å². The van der Waals surface area contributed by atoms with Crippen molar-refractivity contribution < 1.29 is 0 Å². The number of benzene rings is 2. The summed E-state index contributed by atoms with van der Waals surface area (Å²) in [6.45, 7) is 15.2. The van der Waals surface area contributed by atoms with Gasteiger partial charge in [-0.15, -0.1) is 0 Å². The Morgan fingerprint density at radius 3 is 2.00 bits per heavy atom. The van der Waals surface area contributed by atoms with Gasteiger partial charge < -0.3 is 0 Å². The fourth-order valence-corrected chi connectivity index (χ4v) is 3.34. The zero-order valence-corrected chi connectivity index (χ0v) is 17.1. The second-order valence-electron chi connectivity index (χ2n) is 7.95. The first kappa shape index (κ1) is 19.1. The number of pyridine rings is 1. The van der Waals surface area contributed by atoms with Gasteiger partial charge in [-0.25, -0.2) is 0 Å². The number of hydrogen-bond acceptors (Lipinski definition) is 1. The van der Waals surface area contributed by atoms with Crippen LogP contribution in [0.25, 0.3) is 28.0 Å². The Morgan fingerprint density at radius 1 is 0.815 bits per heavy atom. The topological polar surface area (TPSA) is 12.9 Å². The lowest BCUT2D eigenvalue weighted by Crippen LogP contribution is -1.96. The van der Waals surface area contributed by atoms with Crippen LogP contribution in [0.2, 0.25) is 0 Å². The molecule has 3 rings (SSSR count). The van der Waals surface area contributed by atoms with Gasteiger partial charge >= 0.3 is 0 Å². The van der Waals surface area contributed by atoms with Crippen LogP contribution in [0.5, 0.6) is 0 Å². The molecule has 27 heavy (non-hydrogen) atoms. The Kier molecular flexibility index (Phi) is 5.60. The first-order chi connectivity index (χ1) is 12.9. The van der Waals surface area contributed by atoms with E-state index in [4.69, 9.17) is 0 Å². The average molecular weight is 356 g/mol. The highest BCUT2D eigenvalue weighted by atomic mass is 14.7. The molecular formula is C26H29N. The molecule has 0 atom stereocenters. The van der Waals surface area contributed by atoms with Crippen LogP contribution < -0.4 is 0 Å². The van der Waals surface area contributed by atoms with E-state index >= 15 is 0 Å². The number of allylic oxidation sites excluding steroid dienone is 1. The van der Waals surface area contributed by atoms with Crippen LogP contribution in [0.3, 0.4) is 0 Å². The van der Waals surface area contributed by atoms with E-state index in [0.717, 1.165) is 22.4 Å². The monoisotopic (exact) mass is 355 g/mol. The van der Waals surface area contributed by atoms with Crippen molar-refractivity contribution in [2.45, 2.75) is 46.5 Å². The molecule has 1 nitrogen and oxygen atoms in total. The van der Waals surface area contributed by atoms with Gasteiger partial charge in [0.1, 0.15) is 0 Å². The lowest BCUT2D eigenvalue weighted by atomic mass is 9.89. The molecule has 0 spiro atoms. The van der Waals surface area contributed by atoms with E-state index in [9.17, 15) is 0 Å². The maximum absolute atomic E-state index is 4.58. The molecule has 138 valence electrons. The molecule has 1 heterocycles. The number of rotatable bonds is 5. The molecule has 0 fully saturated rings. The molecule has 0 radical (unpaired) electrons. The SMILES string of the molecule is C=C(C)c1ccc(-c2cc(C(C)C)cc(C(C)C)c2)cc1-c1ccccn1. The second-order valence-corrected chi connectivity index (χ2v) is 7.95. The number of aromatic nitrogens is 1. The molecule has 0 aliphatic rings. The standard InChI is InChI=1S/C26H29N/c1-17(2)21-13-22(18(3)4)15-23(14-21)20-10-11-24(19(5)6)25(16-20)26-9-7-8-12-27-26/h7-18H,5H2,1-4,6H3. The fraction of sp³-hybridized carbons (Fsp3) is 0.269. The van der Waals surface area contributed by atoms with Crippen LogP contribution in [0.1, 0.15) is 63.1 Å². The van der Waals surface area contributed by atoms with Gasteiger partial charge in [0.05, 0.1) is 5.69 Å². The first-order valence-corrected chi connectivity index (χ1v) is 9.73. The quantitative estimate of drug-likeness (QED) is 0.457. The predicted molar refractivity (Wildman–Crippen MR) is 118 cm³/mol. The van der Waals surface area contributed by atoms with Crippen molar-refractivity contribution in [2.75, 3.05) is 0 Å². The highest BCUT2D eigenvalue weighted by Crippen LogP contribution is 2.34. The van der Waals surface area contributed by atoms with Gasteiger partial charge in [-0.2, -0.15) is 0 Å². The van der Waals surface area contributed by atoms with Crippen molar-refractivity contribution in [3.63, 3.8) is 0 Å². The summed E-state index contributed by atoms with van der Waals surface area (Å²) in [5, 5.41) is 0. The van der Waals surface area contributed by atoms with E-state index in [1.54, 1.807) is 0 Å². The van der Waals surface area contributed by atoms with Crippen LogP contribution >= 0.6 is 0 Å². The van der Waals surface area contributed by atoms with Gasteiger partial charge in [-0.05, 0) is 64.8 Å². The molecule has 2 aromatic carbocycles. The van der Waals surface area contributed by atoms with Gasteiger partial charge in [-0.3, -0.25) is 4.98 Å². The Hall–Kier alpha value is -2.67. The molecule has 3 aromatic rings. The highest BCUT2D eigenvalue weighted by molar-refractivity contribution is 5.82. The summed E-state index contributed by atoms with van der Waals surface area (Å²) in [6, 6.07) is 19.7. The second kappa shape index (κ2) is 7.92. The van der Waals surface area contributed by atoms with Gasteiger partial charge in [0.25, 0.3) is 0 Å². The summed E-state index contributed by atoms with van der Waals surface area (Å²) in [5.74, 6) is 1.01. The molecule has 1 heteroatoms. The minimum atomic E-state index is 0.507. The maximum atomic E-state index is 4.58. The van der Waals surface area contributed by atoms with Crippen LogP contribution in [-0.4, -0.2) is 4.98 Å². The zero-order valence-electron chi connectivity index (χ0n) is 17.1. The Morgan fingerprint density at radius 2 is 1.48 bits per heavy atom. The van der Waals surface area contributed by atoms with Crippen LogP contribution in [0.4, 0.5) is 0 Å². The van der Waals surface area contributed by atoms with E-state index in [-0.39, 0.29) is 0 Å². The minimum absolute atomic E-state index is 0.507. The number of hydrogen-bond donors (Lipinski definition) is 0. The lowest BCUT2D eigenvalue weighted by molar-refractivity contribution is 0.834. The normalized spacial score (nSPS) is 11.2. The van der Waals surface area contributed by atoms with Crippen LogP contribution in [-0.2, 0) is 0 Å². The maximum Gasteiger partial charge on any atom is 0.0708 e. The fourth-order valence-electron chi connectivity index (χ4n) is 3.34. The molecule has 1 aromatic heterocycles. The largest absolute Gasteiger partial charge is 0.256 e. The van der Waals surface area contributed by atoms with Gasteiger partial charge in [-0.1, -0.05) is 76.2 Å². The minimum Gasteiger partial charge on any atom is -0.256 e. The predicted octanol–water partition coefficient (Wildman–Crippen LogP) is 7.70. The van der Waals surface area contributed by atoms with E-state index in [2.05, 4.69) is 88.6 Å². The van der Waals surface area contributed by atoms with E-state index in [0.29, 0.717) is 11.8 Å². The molecule has 0 N–H and O–H groups in total. The van der Waals surface area contributed by atoms with Gasteiger partial charge in [0.2, 0.25) is 0 Å². The summed E-state index contributed by atoms with van der Waals surface area (Å²) in [7, 11) is 0. The average Bonchev–Trinajstić information content (AvgIpc) is 2.67. The Bertz CT molecular complexity index is 923. The van der Waals surface area contributed by atoms with Crippen molar-refractivity contribution in [1.29, 1.82) is 0 Å². The van der Waals surface area contributed by atoms with Crippen molar-refractivity contribution in [3.05, 3.63) is 84.1 Å². The smallest absolute Gasteiger partial charge is 0.0708 e. The summed E-state index contributed by atoms with van der Waals surface area (Å²) in [5.41, 5.74) is 9.62. The number of nitrogens with zero attached hydrogens (tertiary/aromatic N) is 1. The third-order valence-corrected chi connectivity index (χ3v) is 5.06. The van der Waals surface area contributed by atoms with E-state index in [1.807, 2.05) is 18.3 Å². The highest BCUT2D eigenvalue weighted by Gasteiger charge is 2.12.